The summed E-state index contributed by atoms with van der Waals surface area (Å²) in [4.78, 5) is 12.9. The Morgan fingerprint density at radius 2 is 1.79 bits per heavy atom. The first-order chi connectivity index (χ1) is 15.6. The molecule has 0 bridgehead atoms. The zero-order valence-corrected chi connectivity index (χ0v) is 20.1. The Kier molecular flexibility index (Phi) is 6.79. The van der Waals surface area contributed by atoms with Gasteiger partial charge in [-0.1, -0.05) is 23.7 Å². The Morgan fingerprint density at radius 1 is 1.12 bits per heavy atom. The molecule has 0 aliphatic heterocycles. The van der Waals surface area contributed by atoms with Gasteiger partial charge in [-0.2, -0.15) is 0 Å². The third-order valence-corrected chi connectivity index (χ3v) is 8.19. The number of rotatable bonds is 6. The van der Waals surface area contributed by atoms with Crippen LogP contribution in [0.4, 0.5) is 4.39 Å². The Bertz CT molecular complexity index is 1270. The van der Waals surface area contributed by atoms with Crippen molar-refractivity contribution in [1.29, 1.82) is 0 Å². The summed E-state index contributed by atoms with van der Waals surface area (Å²) >= 11 is 6.18. The lowest BCUT2D eigenvalue weighted by Gasteiger charge is -2.29. The number of benzene rings is 2. The molecule has 0 spiro atoms. The summed E-state index contributed by atoms with van der Waals surface area (Å²) in [6.07, 6.45) is 4.11. The van der Waals surface area contributed by atoms with E-state index in [1.807, 2.05) is 14.0 Å². The minimum absolute atomic E-state index is 0.0563. The molecule has 2 aromatic carbocycles. The van der Waals surface area contributed by atoms with Crippen LogP contribution in [0.25, 0.3) is 10.9 Å². The van der Waals surface area contributed by atoms with Crippen molar-refractivity contribution in [3.05, 3.63) is 65.1 Å². The number of hydrogen-bond donors (Lipinski definition) is 2. The highest BCUT2D eigenvalue weighted by atomic mass is 35.5. The quantitative estimate of drug-likeness (QED) is 0.525. The van der Waals surface area contributed by atoms with Gasteiger partial charge in [0.2, 0.25) is 15.9 Å². The van der Waals surface area contributed by atoms with E-state index in [4.69, 9.17) is 11.6 Å². The zero-order chi connectivity index (χ0) is 23.8. The highest BCUT2D eigenvalue weighted by Crippen LogP contribution is 2.29. The van der Waals surface area contributed by atoms with Crippen molar-refractivity contribution in [1.82, 2.24) is 14.6 Å². The fourth-order valence-electron chi connectivity index (χ4n) is 4.41. The summed E-state index contributed by atoms with van der Waals surface area (Å²) < 4.78 is 43.6. The van der Waals surface area contributed by atoms with Crippen molar-refractivity contribution < 1.29 is 17.6 Å². The van der Waals surface area contributed by atoms with Gasteiger partial charge in [-0.25, -0.2) is 17.5 Å². The van der Waals surface area contributed by atoms with Crippen LogP contribution in [0.5, 0.6) is 0 Å². The van der Waals surface area contributed by atoms with Crippen molar-refractivity contribution in [2.75, 3.05) is 0 Å². The van der Waals surface area contributed by atoms with Gasteiger partial charge in [-0.3, -0.25) is 4.79 Å². The third-order valence-electron chi connectivity index (χ3n) is 6.37. The molecule has 1 fully saturated rings. The first-order valence-corrected chi connectivity index (χ1v) is 12.8. The molecule has 9 heteroatoms. The summed E-state index contributed by atoms with van der Waals surface area (Å²) in [5.41, 5.74) is 1.58. The molecule has 1 aromatic heterocycles. The predicted molar refractivity (Wildman–Crippen MR) is 127 cm³/mol. The first kappa shape index (κ1) is 23.7. The second kappa shape index (κ2) is 9.44. The molecule has 4 rings (SSSR count). The number of hydrogen-bond acceptors (Lipinski definition) is 3. The number of carbonyl (C=O) groups excluding carboxylic acids is 1. The number of amides is 1. The second-order valence-electron chi connectivity index (χ2n) is 8.72. The van der Waals surface area contributed by atoms with Gasteiger partial charge in [0.05, 0.1) is 21.5 Å². The van der Waals surface area contributed by atoms with Crippen molar-refractivity contribution >= 4 is 38.4 Å². The minimum Gasteiger partial charge on any atom is -0.349 e. The van der Waals surface area contributed by atoms with Crippen LogP contribution in [0.1, 0.15) is 44.2 Å². The van der Waals surface area contributed by atoms with Crippen LogP contribution >= 0.6 is 11.6 Å². The summed E-state index contributed by atoms with van der Waals surface area (Å²) in [6.45, 7) is 1.86. The number of carbonyl (C=O) groups is 1. The van der Waals surface area contributed by atoms with Crippen molar-refractivity contribution in [3.8, 4) is 0 Å². The minimum atomic E-state index is -3.69. The van der Waals surface area contributed by atoms with Crippen LogP contribution in [-0.4, -0.2) is 24.9 Å². The highest BCUT2D eigenvalue weighted by molar-refractivity contribution is 7.89. The van der Waals surface area contributed by atoms with Crippen molar-refractivity contribution in [2.45, 2.75) is 49.6 Å². The molecule has 0 radical (unpaired) electrons. The fourth-order valence-corrected chi connectivity index (χ4v) is 6.04. The van der Waals surface area contributed by atoms with E-state index >= 15 is 0 Å². The number of fused-ring (bicyclic) bond motifs is 1. The van der Waals surface area contributed by atoms with E-state index in [9.17, 15) is 17.6 Å². The lowest BCUT2D eigenvalue weighted by molar-refractivity contribution is -0.126. The van der Waals surface area contributed by atoms with E-state index in [0.717, 1.165) is 16.5 Å². The highest BCUT2D eigenvalue weighted by Gasteiger charge is 2.30. The molecule has 0 unspecified atom stereocenters. The molecule has 1 atom stereocenters. The fraction of sp³-hybridized carbons (Fsp3) is 0.375. The van der Waals surface area contributed by atoms with Gasteiger partial charge < -0.3 is 9.88 Å². The zero-order valence-electron chi connectivity index (χ0n) is 18.5. The number of nitrogens with one attached hydrogen (secondary N) is 2. The molecule has 0 saturated heterocycles. The lowest BCUT2D eigenvalue weighted by atomic mass is 9.85. The molecule has 1 aliphatic carbocycles. The number of aryl methyl sites for hydroxylation is 1. The maximum atomic E-state index is 13.1. The van der Waals surface area contributed by atoms with E-state index in [2.05, 4.69) is 10.0 Å². The summed E-state index contributed by atoms with van der Waals surface area (Å²) in [5, 5.41) is 4.37. The molecule has 1 saturated carbocycles. The van der Waals surface area contributed by atoms with Gasteiger partial charge >= 0.3 is 0 Å². The standard InChI is InChI=1S/C24H27ClFN3O3S/c1-15(16-3-7-18(26)8-4-16)27-24(30)17-5-9-19(10-6-17)28-33(31,32)20-11-12-21-22(25)14-29(2)23(21)13-20/h3-4,7-8,11-15,17,19,28H,5-6,9-10H2,1-2H3,(H,27,30)/t15-,17?,19?/m1/s1. The summed E-state index contributed by atoms with van der Waals surface area (Å²) in [5.74, 6) is -0.542. The maximum Gasteiger partial charge on any atom is 0.240 e. The summed E-state index contributed by atoms with van der Waals surface area (Å²) in [6, 6.07) is 10.5. The van der Waals surface area contributed by atoms with Crippen LogP contribution in [-0.2, 0) is 21.9 Å². The van der Waals surface area contributed by atoms with E-state index in [1.165, 1.54) is 12.1 Å². The smallest absolute Gasteiger partial charge is 0.240 e. The molecular formula is C24H27ClFN3O3S. The van der Waals surface area contributed by atoms with Crippen molar-refractivity contribution in [3.63, 3.8) is 0 Å². The van der Waals surface area contributed by atoms with E-state index < -0.39 is 10.0 Å². The molecule has 1 aliphatic rings. The molecule has 2 N–H and O–H groups in total. The van der Waals surface area contributed by atoms with Crippen molar-refractivity contribution in [2.24, 2.45) is 13.0 Å². The van der Waals surface area contributed by atoms with Crippen LogP contribution in [0, 0.1) is 11.7 Å². The number of sulfonamides is 1. The Labute approximate surface area is 198 Å². The summed E-state index contributed by atoms with van der Waals surface area (Å²) in [7, 11) is -1.87. The number of nitrogens with zero attached hydrogens (tertiary/aromatic N) is 1. The predicted octanol–water partition coefficient (Wildman–Crippen LogP) is 4.69. The van der Waals surface area contributed by atoms with Crippen LogP contribution in [0.3, 0.4) is 0 Å². The van der Waals surface area contributed by atoms with Crippen LogP contribution in [0.15, 0.2) is 53.6 Å². The van der Waals surface area contributed by atoms with Gasteiger partial charge in [0, 0.05) is 30.6 Å². The van der Waals surface area contributed by atoms with E-state index in [-0.39, 0.29) is 34.6 Å². The Hall–Kier alpha value is -2.42. The molecular weight excluding hydrogens is 465 g/mol. The average molecular weight is 492 g/mol. The Balaban J connectivity index is 1.34. The Morgan fingerprint density at radius 3 is 2.45 bits per heavy atom. The van der Waals surface area contributed by atoms with Gasteiger partial charge in [0.25, 0.3) is 0 Å². The molecule has 1 amide bonds. The van der Waals surface area contributed by atoms with Gasteiger partial charge in [0.15, 0.2) is 0 Å². The monoisotopic (exact) mass is 491 g/mol. The van der Waals surface area contributed by atoms with Gasteiger partial charge in [-0.05, 0) is 68.5 Å². The van der Waals surface area contributed by atoms with Gasteiger partial charge in [-0.15, -0.1) is 0 Å². The maximum absolute atomic E-state index is 13.1. The number of aromatic nitrogens is 1. The second-order valence-corrected chi connectivity index (χ2v) is 10.8. The lowest BCUT2D eigenvalue weighted by Crippen LogP contribution is -2.41. The SMILES string of the molecule is C[C@@H](NC(=O)C1CCC(NS(=O)(=O)c2ccc3c(Cl)cn(C)c3c2)CC1)c1ccc(F)cc1. The average Bonchev–Trinajstić information content (AvgIpc) is 3.07. The van der Waals surface area contributed by atoms with Crippen LogP contribution in [0.2, 0.25) is 5.02 Å². The largest absolute Gasteiger partial charge is 0.349 e. The molecule has 176 valence electrons. The normalized spacial score (nSPS) is 20.0. The molecule has 3 aromatic rings. The van der Waals surface area contributed by atoms with Crippen LogP contribution < -0.4 is 10.0 Å². The number of halogens is 2. The molecule has 33 heavy (non-hydrogen) atoms. The van der Waals surface area contributed by atoms with Gasteiger partial charge in [0.1, 0.15) is 5.82 Å². The first-order valence-electron chi connectivity index (χ1n) is 11.0. The van der Waals surface area contributed by atoms with E-state index in [1.54, 1.807) is 41.1 Å². The molecule has 6 nitrogen and oxygen atoms in total. The molecule has 1 heterocycles. The van der Waals surface area contributed by atoms with E-state index in [0.29, 0.717) is 30.7 Å². The topological polar surface area (TPSA) is 80.2 Å². The third kappa shape index (κ3) is 5.23.